The van der Waals surface area contributed by atoms with Gasteiger partial charge in [0.25, 0.3) is 0 Å². The van der Waals surface area contributed by atoms with Crippen LogP contribution in [0.5, 0.6) is 0 Å². The molecule has 0 aliphatic heterocycles. The fourth-order valence-corrected chi connectivity index (χ4v) is 3.73. The van der Waals surface area contributed by atoms with Gasteiger partial charge in [0.15, 0.2) is 5.16 Å². The van der Waals surface area contributed by atoms with E-state index in [1.54, 1.807) is 6.20 Å². The molecule has 0 saturated heterocycles. The second kappa shape index (κ2) is 7.79. The zero-order valence-corrected chi connectivity index (χ0v) is 16.3. The largest absolute Gasteiger partial charge is 0.333 e. The van der Waals surface area contributed by atoms with Crippen LogP contribution in [0.1, 0.15) is 23.6 Å². The van der Waals surface area contributed by atoms with Crippen LogP contribution in [0.15, 0.2) is 53.8 Å². The molecule has 134 valence electrons. The average Bonchev–Trinajstić information content (AvgIpc) is 3.07. The summed E-state index contributed by atoms with van der Waals surface area (Å²) in [4.78, 5) is 20.3. The molecule has 3 rings (SSSR count). The maximum Gasteiger partial charge on any atom is 0.237 e. The van der Waals surface area contributed by atoms with Gasteiger partial charge in [-0.25, -0.2) is 4.98 Å². The highest BCUT2D eigenvalue weighted by Gasteiger charge is 2.18. The second-order valence-corrected chi connectivity index (χ2v) is 7.82. The smallest absolute Gasteiger partial charge is 0.237 e. The van der Waals surface area contributed by atoms with E-state index < -0.39 is 0 Å². The van der Waals surface area contributed by atoms with Crippen molar-refractivity contribution in [2.45, 2.75) is 38.1 Å². The van der Waals surface area contributed by atoms with Crippen molar-refractivity contribution in [2.24, 2.45) is 0 Å². The number of hydrogen-bond acceptors (Lipinski definition) is 3. The normalized spacial score (nSPS) is 12.0. The Bertz CT molecular complexity index is 895. The second-order valence-electron chi connectivity index (χ2n) is 6.49. The highest BCUT2D eigenvalue weighted by molar-refractivity contribution is 8.00. The van der Waals surface area contributed by atoms with Crippen LogP contribution in [0.2, 0.25) is 0 Å². The number of carbonyl (C=O) groups excluding carboxylic acids is 1. The Labute approximate surface area is 158 Å². The SMILES string of the molecule is Cc1cc(C)c(NC(=O)[C@H](C)Sc2ncc(-c3ccccc3)[nH]2)c(C)c1. The van der Waals surface area contributed by atoms with Gasteiger partial charge >= 0.3 is 0 Å². The molecule has 0 spiro atoms. The third-order valence-corrected chi connectivity index (χ3v) is 5.22. The number of aromatic amines is 1. The zero-order valence-electron chi connectivity index (χ0n) is 15.5. The van der Waals surface area contributed by atoms with Gasteiger partial charge in [0.1, 0.15) is 0 Å². The van der Waals surface area contributed by atoms with Crippen molar-refractivity contribution in [1.82, 2.24) is 9.97 Å². The van der Waals surface area contributed by atoms with Crippen molar-refractivity contribution in [2.75, 3.05) is 5.32 Å². The molecule has 5 heteroatoms. The zero-order chi connectivity index (χ0) is 18.7. The number of imidazole rings is 1. The van der Waals surface area contributed by atoms with Gasteiger partial charge in [-0.1, -0.05) is 59.8 Å². The fourth-order valence-electron chi connectivity index (χ4n) is 2.95. The van der Waals surface area contributed by atoms with E-state index in [4.69, 9.17) is 0 Å². The maximum absolute atomic E-state index is 12.6. The van der Waals surface area contributed by atoms with E-state index in [2.05, 4.69) is 34.3 Å². The number of anilines is 1. The molecule has 3 aromatic rings. The molecule has 2 N–H and O–H groups in total. The lowest BCUT2D eigenvalue weighted by molar-refractivity contribution is -0.115. The van der Waals surface area contributed by atoms with Crippen LogP contribution in [0.3, 0.4) is 0 Å². The van der Waals surface area contributed by atoms with Gasteiger partial charge in [0, 0.05) is 5.69 Å². The molecule has 0 aliphatic rings. The first-order valence-corrected chi connectivity index (χ1v) is 9.48. The van der Waals surface area contributed by atoms with Crippen LogP contribution < -0.4 is 5.32 Å². The van der Waals surface area contributed by atoms with Gasteiger partial charge in [0.2, 0.25) is 5.91 Å². The summed E-state index contributed by atoms with van der Waals surface area (Å²) in [5, 5.41) is 3.54. The first-order chi connectivity index (χ1) is 12.4. The van der Waals surface area contributed by atoms with E-state index in [1.165, 1.54) is 17.3 Å². The number of benzene rings is 2. The number of thioether (sulfide) groups is 1. The predicted octanol–water partition coefficient (Wildman–Crippen LogP) is 5.12. The number of carbonyl (C=O) groups is 1. The molecule has 1 aromatic heterocycles. The summed E-state index contributed by atoms with van der Waals surface area (Å²) in [6, 6.07) is 14.2. The quantitative estimate of drug-likeness (QED) is 0.617. The molecular weight excluding hydrogens is 342 g/mol. The summed E-state index contributed by atoms with van der Waals surface area (Å²) in [5.41, 5.74) is 6.29. The number of amides is 1. The van der Waals surface area contributed by atoms with Gasteiger partial charge in [-0.05, 0) is 44.4 Å². The highest BCUT2D eigenvalue weighted by atomic mass is 32.2. The molecule has 0 radical (unpaired) electrons. The molecule has 0 bridgehead atoms. The van der Waals surface area contributed by atoms with Crippen LogP contribution in [0.25, 0.3) is 11.3 Å². The first kappa shape index (κ1) is 18.3. The summed E-state index contributed by atoms with van der Waals surface area (Å²) < 4.78 is 0. The van der Waals surface area contributed by atoms with E-state index in [1.807, 2.05) is 51.1 Å². The van der Waals surface area contributed by atoms with Crippen molar-refractivity contribution < 1.29 is 4.79 Å². The molecule has 0 unspecified atom stereocenters. The lowest BCUT2D eigenvalue weighted by Gasteiger charge is -2.15. The Kier molecular flexibility index (Phi) is 5.47. The summed E-state index contributed by atoms with van der Waals surface area (Å²) in [6.07, 6.45) is 1.80. The summed E-state index contributed by atoms with van der Waals surface area (Å²) in [6.45, 7) is 7.99. The highest BCUT2D eigenvalue weighted by Crippen LogP contribution is 2.27. The Balaban J connectivity index is 1.68. The van der Waals surface area contributed by atoms with Crippen molar-refractivity contribution in [3.63, 3.8) is 0 Å². The summed E-state index contributed by atoms with van der Waals surface area (Å²) >= 11 is 1.42. The number of nitrogens with zero attached hydrogens (tertiary/aromatic N) is 1. The molecule has 1 amide bonds. The van der Waals surface area contributed by atoms with E-state index in [0.717, 1.165) is 33.2 Å². The van der Waals surface area contributed by atoms with Gasteiger partial charge in [-0.2, -0.15) is 0 Å². The number of aryl methyl sites for hydroxylation is 3. The van der Waals surface area contributed by atoms with E-state index in [0.29, 0.717) is 0 Å². The van der Waals surface area contributed by atoms with Crippen LogP contribution >= 0.6 is 11.8 Å². The minimum atomic E-state index is -0.259. The number of aromatic nitrogens is 2. The molecule has 4 nitrogen and oxygen atoms in total. The number of nitrogens with one attached hydrogen (secondary N) is 2. The molecule has 0 saturated carbocycles. The van der Waals surface area contributed by atoms with Gasteiger partial charge in [-0.3, -0.25) is 4.79 Å². The Morgan fingerprint density at radius 2 is 1.77 bits per heavy atom. The minimum Gasteiger partial charge on any atom is -0.333 e. The monoisotopic (exact) mass is 365 g/mol. The lowest BCUT2D eigenvalue weighted by Crippen LogP contribution is -2.23. The predicted molar refractivity (Wildman–Crippen MR) is 109 cm³/mol. The standard InChI is InChI=1S/C21H23N3OS/c1-13-10-14(2)19(15(3)11-13)24-20(25)16(4)26-21-22-12-18(23-21)17-8-6-5-7-9-17/h5-12,16H,1-4H3,(H,22,23)(H,24,25)/t16-/m0/s1. The van der Waals surface area contributed by atoms with Crippen molar-refractivity contribution in [1.29, 1.82) is 0 Å². The molecule has 1 atom stereocenters. The molecule has 1 heterocycles. The van der Waals surface area contributed by atoms with Crippen molar-refractivity contribution in [3.05, 3.63) is 65.4 Å². The first-order valence-electron chi connectivity index (χ1n) is 8.60. The van der Waals surface area contributed by atoms with E-state index >= 15 is 0 Å². The van der Waals surface area contributed by atoms with Gasteiger partial charge in [0.05, 0.1) is 17.1 Å². The molecule has 2 aromatic carbocycles. The number of hydrogen-bond donors (Lipinski definition) is 2. The molecular formula is C21H23N3OS. The van der Waals surface area contributed by atoms with E-state index in [-0.39, 0.29) is 11.2 Å². The minimum absolute atomic E-state index is 0.0253. The molecule has 0 fully saturated rings. The van der Waals surface area contributed by atoms with Gasteiger partial charge < -0.3 is 10.3 Å². The Morgan fingerprint density at radius 1 is 1.12 bits per heavy atom. The Morgan fingerprint density at radius 3 is 2.42 bits per heavy atom. The van der Waals surface area contributed by atoms with Gasteiger partial charge in [-0.15, -0.1) is 0 Å². The third kappa shape index (κ3) is 4.17. The third-order valence-electron chi connectivity index (χ3n) is 4.22. The Hall–Kier alpha value is -2.53. The number of H-pyrrole nitrogens is 1. The summed E-state index contributed by atoms with van der Waals surface area (Å²) in [7, 11) is 0. The van der Waals surface area contributed by atoms with Crippen molar-refractivity contribution >= 4 is 23.4 Å². The fraction of sp³-hybridized carbons (Fsp3) is 0.238. The van der Waals surface area contributed by atoms with Crippen molar-refractivity contribution in [3.8, 4) is 11.3 Å². The summed E-state index contributed by atoms with van der Waals surface area (Å²) in [5.74, 6) is -0.0253. The van der Waals surface area contributed by atoms with Crippen LogP contribution in [0, 0.1) is 20.8 Å². The van der Waals surface area contributed by atoms with Crippen LogP contribution in [-0.4, -0.2) is 21.1 Å². The average molecular weight is 366 g/mol. The number of rotatable bonds is 5. The van der Waals surface area contributed by atoms with Crippen LogP contribution in [0.4, 0.5) is 5.69 Å². The topological polar surface area (TPSA) is 57.8 Å². The lowest BCUT2D eigenvalue weighted by atomic mass is 10.1. The van der Waals surface area contributed by atoms with Crippen LogP contribution in [-0.2, 0) is 4.79 Å². The molecule has 0 aliphatic carbocycles. The van der Waals surface area contributed by atoms with E-state index in [9.17, 15) is 4.79 Å². The molecule has 26 heavy (non-hydrogen) atoms. The maximum atomic E-state index is 12.6.